The molecular weight excluding hydrogens is 223 g/mol. The van der Waals surface area contributed by atoms with Crippen molar-refractivity contribution in [1.82, 2.24) is 0 Å². The van der Waals surface area contributed by atoms with E-state index >= 15 is 0 Å². The third-order valence-corrected chi connectivity index (χ3v) is 4.46. The molecule has 0 spiro atoms. The molecule has 0 aromatic rings. The van der Waals surface area contributed by atoms with Gasteiger partial charge >= 0.3 is 0 Å². The number of aliphatic hydroxyl groups is 1. The van der Waals surface area contributed by atoms with Crippen molar-refractivity contribution in [1.29, 1.82) is 0 Å². The lowest BCUT2D eigenvalue weighted by Gasteiger charge is -2.44. The first-order chi connectivity index (χ1) is 8.38. The van der Waals surface area contributed by atoms with Gasteiger partial charge in [0.2, 0.25) is 0 Å². The molecule has 0 radical (unpaired) electrons. The van der Waals surface area contributed by atoms with E-state index in [1.54, 1.807) is 0 Å². The molecule has 0 saturated carbocycles. The van der Waals surface area contributed by atoms with Crippen LogP contribution in [0.5, 0.6) is 0 Å². The van der Waals surface area contributed by atoms with E-state index in [0.29, 0.717) is 5.92 Å². The molecule has 0 aliphatic heterocycles. The molecule has 9 heteroatoms. The summed E-state index contributed by atoms with van der Waals surface area (Å²) in [6, 6.07) is 0. The lowest BCUT2D eigenvalue weighted by Crippen LogP contribution is -2.45. The van der Waals surface area contributed by atoms with Gasteiger partial charge in [0.25, 0.3) is 0 Å². The molecule has 0 fully saturated rings. The van der Waals surface area contributed by atoms with Gasteiger partial charge in [-0.1, -0.05) is 28.0 Å². The first-order valence-electron chi connectivity index (χ1n) is 7.48. The van der Waals surface area contributed by atoms with Crippen LogP contribution < -0.4 is 0 Å². The van der Waals surface area contributed by atoms with Crippen LogP contribution in [-0.4, -0.2) is 73.5 Å². The third kappa shape index (κ3) is 3.74. The maximum Gasteiger partial charge on any atom is 0.121 e. The topological polar surface area (TPSA) is 20.2 Å². The maximum atomic E-state index is 10.7. The SMILES string of the molecule is BC(B)=C(C1C=CC(O)(C(B)(B)B)CC1)C(B)(B)B. The van der Waals surface area contributed by atoms with Gasteiger partial charge in [-0.3, -0.25) is 0 Å². The molecule has 19 heavy (non-hydrogen) atoms. The van der Waals surface area contributed by atoms with Crippen LogP contribution in [0.3, 0.4) is 0 Å². The van der Waals surface area contributed by atoms with E-state index in [9.17, 15) is 5.11 Å². The fourth-order valence-electron chi connectivity index (χ4n) is 3.37. The van der Waals surface area contributed by atoms with E-state index < -0.39 is 5.60 Å². The lowest BCUT2D eigenvalue weighted by atomic mass is 9.34. The van der Waals surface area contributed by atoms with Gasteiger partial charge in [0.15, 0.2) is 0 Å². The Kier molecular flexibility index (Phi) is 4.83. The van der Waals surface area contributed by atoms with Gasteiger partial charge in [-0.2, -0.15) is 0 Å². The standard InChI is InChI=1S/C10H24B8O/c11-7(12)6(9(13,14)15)5-1-3-8(19,4-2-5)10(16,17)18/h1,3,5,19H,2,4,11-18H2. The van der Waals surface area contributed by atoms with Gasteiger partial charge in [0.05, 0.1) is 52.7 Å². The van der Waals surface area contributed by atoms with Crippen LogP contribution >= 0.6 is 0 Å². The molecule has 0 bridgehead atoms. The molecule has 0 heterocycles. The van der Waals surface area contributed by atoms with Crippen LogP contribution in [0.4, 0.5) is 0 Å². The Hall–Kier alpha value is -0.0405. The largest absolute Gasteiger partial charge is 0.387 e. The Morgan fingerprint density at radius 3 is 1.89 bits per heavy atom. The molecule has 0 saturated heterocycles. The Labute approximate surface area is 126 Å². The highest BCUT2D eigenvalue weighted by molar-refractivity contribution is 6.63. The zero-order chi connectivity index (χ0) is 15.1. The molecule has 2 atom stereocenters. The summed E-state index contributed by atoms with van der Waals surface area (Å²) in [7, 11) is 17.6. The zero-order valence-corrected chi connectivity index (χ0v) is 14.1. The Morgan fingerprint density at radius 1 is 1.11 bits per heavy atom. The van der Waals surface area contributed by atoms with Crippen molar-refractivity contribution in [3.63, 3.8) is 0 Å². The predicted molar refractivity (Wildman–Crippen MR) is 108 cm³/mol. The molecule has 1 N–H and O–H groups in total. The Morgan fingerprint density at radius 2 is 1.63 bits per heavy atom. The first-order valence-corrected chi connectivity index (χ1v) is 7.48. The number of hydrogen-bond donors (Lipinski definition) is 1. The second kappa shape index (κ2) is 5.39. The molecule has 0 aromatic carbocycles. The van der Waals surface area contributed by atoms with Crippen molar-refractivity contribution in [2.24, 2.45) is 5.92 Å². The monoisotopic (exact) mass is 248 g/mol. The molecule has 2 unspecified atom stereocenters. The summed E-state index contributed by atoms with van der Waals surface area (Å²) in [5, 5.41) is 12.3. The van der Waals surface area contributed by atoms with E-state index in [-0.39, 0.29) is 10.2 Å². The van der Waals surface area contributed by atoms with Gasteiger partial charge < -0.3 is 5.11 Å². The zero-order valence-electron chi connectivity index (χ0n) is 14.1. The minimum atomic E-state index is -0.659. The number of allylic oxidation sites excluding steroid dienone is 2. The van der Waals surface area contributed by atoms with Gasteiger partial charge in [-0.05, 0) is 18.8 Å². The van der Waals surface area contributed by atoms with Crippen LogP contribution in [0.25, 0.3) is 0 Å². The molecule has 1 rings (SSSR count). The normalized spacial score (nSPS) is 27.9. The minimum Gasteiger partial charge on any atom is -0.387 e. The van der Waals surface area contributed by atoms with E-state index in [1.807, 2.05) is 0 Å². The van der Waals surface area contributed by atoms with Crippen molar-refractivity contribution in [3.05, 3.63) is 23.1 Å². The van der Waals surface area contributed by atoms with Gasteiger partial charge in [0, 0.05) is 0 Å². The summed E-state index contributed by atoms with van der Waals surface area (Å²) in [6.07, 6.45) is 6.19. The van der Waals surface area contributed by atoms with Crippen molar-refractivity contribution >= 4 is 62.8 Å². The minimum absolute atomic E-state index is 0.0959. The summed E-state index contributed by atoms with van der Waals surface area (Å²) >= 11 is 0. The molecule has 1 aliphatic carbocycles. The van der Waals surface area contributed by atoms with E-state index in [0.717, 1.165) is 12.8 Å². The molecule has 94 valence electrons. The third-order valence-electron chi connectivity index (χ3n) is 4.46. The highest BCUT2D eigenvalue weighted by Crippen LogP contribution is 2.43. The van der Waals surface area contributed by atoms with Crippen LogP contribution in [0, 0.1) is 5.92 Å². The Bertz CT molecular complexity index is 401. The van der Waals surface area contributed by atoms with Gasteiger partial charge in [-0.15, -0.1) is 5.37 Å². The predicted octanol–water partition coefficient (Wildman–Crippen LogP) is -5.89. The van der Waals surface area contributed by atoms with Crippen LogP contribution in [0.15, 0.2) is 23.1 Å². The van der Waals surface area contributed by atoms with E-state index in [4.69, 9.17) is 0 Å². The summed E-state index contributed by atoms with van der Waals surface area (Å²) in [6.45, 7) is 0. The van der Waals surface area contributed by atoms with Crippen molar-refractivity contribution in [2.75, 3.05) is 0 Å². The molecule has 1 nitrogen and oxygen atoms in total. The highest BCUT2D eigenvalue weighted by Gasteiger charge is 2.40. The second-order valence-electron chi connectivity index (χ2n) is 8.34. The maximum absolute atomic E-state index is 10.7. The van der Waals surface area contributed by atoms with Crippen LogP contribution in [0.1, 0.15) is 12.8 Å². The van der Waals surface area contributed by atoms with E-state index in [2.05, 4.69) is 74.9 Å². The quantitative estimate of drug-likeness (QED) is 0.389. The summed E-state index contributed by atoms with van der Waals surface area (Å²) in [5.41, 5.74) is 0.869. The van der Waals surface area contributed by atoms with Crippen LogP contribution in [-0.2, 0) is 0 Å². The van der Waals surface area contributed by atoms with Crippen LogP contribution in [0.2, 0.25) is 10.2 Å². The average Bonchev–Trinajstić information content (AvgIpc) is 2.17. The Balaban J connectivity index is 3.06. The fourth-order valence-corrected chi connectivity index (χ4v) is 3.37. The second-order valence-corrected chi connectivity index (χ2v) is 8.34. The molecule has 1 aliphatic rings. The summed E-state index contributed by atoms with van der Waals surface area (Å²) in [5.74, 6) is 0.479. The summed E-state index contributed by atoms with van der Waals surface area (Å²) < 4.78 is 0. The van der Waals surface area contributed by atoms with E-state index in [1.165, 1.54) is 10.9 Å². The number of hydrogen-bond acceptors (Lipinski definition) is 1. The van der Waals surface area contributed by atoms with Crippen molar-refractivity contribution in [2.45, 2.75) is 28.7 Å². The highest BCUT2D eigenvalue weighted by atomic mass is 16.3. The fraction of sp³-hybridized carbons (Fsp3) is 0.600. The van der Waals surface area contributed by atoms with Gasteiger partial charge in [-0.25, -0.2) is 0 Å². The van der Waals surface area contributed by atoms with Crippen molar-refractivity contribution < 1.29 is 5.11 Å². The van der Waals surface area contributed by atoms with Crippen molar-refractivity contribution in [3.8, 4) is 0 Å². The smallest absolute Gasteiger partial charge is 0.121 e. The first kappa shape index (κ1) is 17.0. The van der Waals surface area contributed by atoms with Gasteiger partial charge in [0.1, 0.15) is 15.7 Å². The molecular formula is C10H24B8O. The molecule has 0 amide bonds. The molecule has 0 aromatic heterocycles. The average molecular weight is 247 g/mol. The lowest BCUT2D eigenvalue weighted by molar-refractivity contribution is 0.0714. The number of rotatable bonds is 3. The summed E-state index contributed by atoms with van der Waals surface area (Å²) in [4.78, 5) is 0.